The van der Waals surface area contributed by atoms with Gasteiger partial charge < -0.3 is 0 Å². The van der Waals surface area contributed by atoms with Crippen LogP contribution in [0.15, 0.2) is 0 Å². The monoisotopic (exact) mass is 246 g/mol. The Morgan fingerprint density at radius 3 is 2.44 bits per heavy atom. The minimum Gasteiger partial charge on any atom is -0.299 e. The third kappa shape index (κ3) is 4.64. The van der Waals surface area contributed by atoms with E-state index < -0.39 is 9.84 Å². The molecule has 0 aromatic carbocycles. The molecule has 0 N–H and O–H groups in total. The van der Waals surface area contributed by atoms with Gasteiger partial charge in [0.25, 0.3) is 0 Å². The normalized spacial score (nSPS) is 23.4. The number of ketones is 1. The molecule has 1 unspecified atom stereocenters. The van der Waals surface area contributed by atoms with Crippen LogP contribution >= 0.6 is 0 Å². The summed E-state index contributed by atoms with van der Waals surface area (Å²) in [6, 6.07) is 0. The van der Waals surface area contributed by atoms with Crippen molar-refractivity contribution in [2.24, 2.45) is 5.92 Å². The van der Waals surface area contributed by atoms with Crippen molar-refractivity contribution in [2.75, 3.05) is 11.5 Å². The van der Waals surface area contributed by atoms with Crippen LogP contribution in [0.4, 0.5) is 0 Å². The Hall–Kier alpha value is -0.380. The SMILES string of the molecule is CCCCCCCC(=O)C1CCS(=O)(=O)C1. The summed E-state index contributed by atoms with van der Waals surface area (Å²) in [7, 11) is -2.90. The fourth-order valence-corrected chi connectivity index (χ4v) is 3.93. The average Bonchev–Trinajstić information content (AvgIpc) is 2.58. The van der Waals surface area contributed by atoms with Crippen LogP contribution in [0.2, 0.25) is 0 Å². The number of sulfone groups is 1. The van der Waals surface area contributed by atoms with Crippen molar-refractivity contribution in [1.82, 2.24) is 0 Å². The molecule has 0 aliphatic carbocycles. The molecule has 1 saturated heterocycles. The van der Waals surface area contributed by atoms with E-state index in [1.165, 1.54) is 19.3 Å². The van der Waals surface area contributed by atoms with Gasteiger partial charge in [0.15, 0.2) is 9.84 Å². The number of Topliss-reactive ketones (excluding diaryl/α,β-unsaturated/α-hetero) is 1. The van der Waals surface area contributed by atoms with Gasteiger partial charge in [-0.2, -0.15) is 0 Å². The highest BCUT2D eigenvalue weighted by Gasteiger charge is 2.32. The zero-order chi connectivity index (χ0) is 12.0. The van der Waals surface area contributed by atoms with Crippen LogP contribution in [0.5, 0.6) is 0 Å². The highest BCUT2D eigenvalue weighted by Crippen LogP contribution is 2.21. The lowest BCUT2D eigenvalue weighted by Gasteiger charge is -2.05. The first-order valence-corrected chi connectivity index (χ1v) is 8.10. The predicted octanol–water partition coefficient (Wildman–Crippen LogP) is 2.35. The molecule has 3 nitrogen and oxygen atoms in total. The standard InChI is InChI=1S/C12H22O3S/c1-2-3-4-5-6-7-12(13)11-8-9-16(14,15)10-11/h11H,2-10H2,1H3. The molecule has 1 aliphatic heterocycles. The zero-order valence-electron chi connectivity index (χ0n) is 10.1. The van der Waals surface area contributed by atoms with E-state index in [4.69, 9.17) is 0 Å². The predicted molar refractivity (Wildman–Crippen MR) is 65.1 cm³/mol. The van der Waals surface area contributed by atoms with Crippen molar-refractivity contribution in [3.05, 3.63) is 0 Å². The van der Waals surface area contributed by atoms with Crippen molar-refractivity contribution >= 4 is 15.6 Å². The summed E-state index contributed by atoms with van der Waals surface area (Å²) < 4.78 is 22.4. The summed E-state index contributed by atoms with van der Waals surface area (Å²) >= 11 is 0. The Balaban J connectivity index is 2.16. The first kappa shape index (κ1) is 13.7. The molecule has 1 rings (SSSR count). The molecule has 0 saturated carbocycles. The van der Waals surface area contributed by atoms with Gasteiger partial charge in [-0.25, -0.2) is 8.42 Å². The molecular formula is C12H22O3S. The first-order chi connectivity index (χ1) is 7.55. The van der Waals surface area contributed by atoms with E-state index in [2.05, 4.69) is 6.92 Å². The van der Waals surface area contributed by atoms with Crippen molar-refractivity contribution in [2.45, 2.75) is 51.9 Å². The lowest BCUT2D eigenvalue weighted by Crippen LogP contribution is -2.15. The van der Waals surface area contributed by atoms with Gasteiger partial charge >= 0.3 is 0 Å². The number of unbranched alkanes of at least 4 members (excludes halogenated alkanes) is 4. The maximum Gasteiger partial charge on any atom is 0.151 e. The Bertz CT molecular complexity index is 319. The van der Waals surface area contributed by atoms with E-state index in [0.29, 0.717) is 12.8 Å². The minimum absolute atomic E-state index is 0.0980. The summed E-state index contributed by atoms with van der Waals surface area (Å²) in [5, 5.41) is 0. The van der Waals surface area contributed by atoms with Gasteiger partial charge in [-0.05, 0) is 12.8 Å². The summed E-state index contributed by atoms with van der Waals surface area (Å²) in [5.41, 5.74) is 0. The average molecular weight is 246 g/mol. The van der Waals surface area contributed by atoms with Gasteiger partial charge in [0, 0.05) is 12.3 Å². The van der Waals surface area contributed by atoms with Crippen LogP contribution in [-0.4, -0.2) is 25.7 Å². The van der Waals surface area contributed by atoms with Gasteiger partial charge in [0.2, 0.25) is 0 Å². The summed E-state index contributed by atoms with van der Waals surface area (Å²) in [6.45, 7) is 2.16. The molecule has 0 bridgehead atoms. The molecule has 1 fully saturated rings. The largest absolute Gasteiger partial charge is 0.299 e. The summed E-state index contributed by atoms with van der Waals surface area (Å²) in [6.07, 6.45) is 6.77. The van der Waals surface area contributed by atoms with Crippen molar-refractivity contribution in [1.29, 1.82) is 0 Å². The lowest BCUT2D eigenvalue weighted by atomic mass is 9.98. The molecule has 1 aliphatic rings. The zero-order valence-corrected chi connectivity index (χ0v) is 10.9. The topological polar surface area (TPSA) is 51.2 Å². The molecule has 16 heavy (non-hydrogen) atoms. The van der Waals surface area contributed by atoms with Crippen LogP contribution in [0.3, 0.4) is 0 Å². The third-order valence-electron chi connectivity index (χ3n) is 3.21. The van der Waals surface area contributed by atoms with E-state index in [1.807, 2.05) is 0 Å². The molecule has 0 aromatic heterocycles. The maximum atomic E-state index is 11.7. The molecular weight excluding hydrogens is 224 g/mol. The smallest absolute Gasteiger partial charge is 0.151 e. The van der Waals surface area contributed by atoms with Gasteiger partial charge in [-0.15, -0.1) is 0 Å². The molecule has 1 atom stereocenters. The first-order valence-electron chi connectivity index (χ1n) is 6.28. The fourth-order valence-electron chi connectivity index (χ4n) is 2.16. The highest BCUT2D eigenvalue weighted by molar-refractivity contribution is 7.91. The van der Waals surface area contributed by atoms with E-state index in [9.17, 15) is 13.2 Å². The molecule has 0 spiro atoms. The number of hydrogen-bond acceptors (Lipinski definition) is 3. The quantitative estimate of drug-likeness (QED) is 0.648. The van der Waals surface area contributed by atoms with Crippen molar-refractivity contribution in [3.8, 4) is 0 Å². The van der Waals surface area contributed by atoms with E-state index in [-0.39, 0.29) is 23.2 Å². The second-order valence-electron chi connectivity index (χ2n) is 4.73. The van der Waals surface area contributed by atoms with Crippen molar-refractivity contribution < 1.29 is 13.2 Å². The Kier molecular flexibility index (Phi) is 5.46. The van der Waals surface area contributed by atoms with Gasteiger partial charge in [0.1, 0.15) is 5.78 Å². The second-order valence-corrected chi connectivity index (χ2v) is 6.96. The van der Waals surface area contributed by atoms with E-state index >= 15 is 0 Å². The van der Waals surface area contributed by atoms with Crippen LogP contribution in [0.1, 0.15) is 51.9 Å². The summed E-state index contributed by atoms with van der Waals surface area (Å²) in [5.74, 6) is 0.272. The van der Waals surface area contributed by atoms with E-state index in [1.54, 1.807) is 0 Å². The maximum absolute atomic E-state index is 11.7. The second kappa shape index (κ2) is 6.38. The Morgan fingerprint density at radius 2 is 1.88 bits per heavy atom. The molecule has 4 heteroatoms. The van der Waals surface area contributed by atoms with Crippen LogP contribution in [0, 0.1) is 5.92 Å². The Labute approximate surface area is 98.5 Å². The Morgan fingerprint density at radius 1 is 1.19 bits per heavy atom. The molecule has 94 valence electrons. The van der Waals surface area contributed by atoms with E-state index in [0.717, 1.165) is 12.8 Å². The van der Waals surface area contributed by atoms with Crippen LogP contribution in [-0.2, 0) is 14.6 Å². The minimum atomic E-state index is -2.90. The number of rotatable bonds is 7. The van der Waals surface area contributed by atoms with Gasteiger partial charge in [-0.1, -0.05) is 32.6 Å². The van der Waals surface area contributed by atoms with Crippen molar-refractivity contribution in [3.63, 3.8) is 0 Å². The van der Waals surface area contributed by atoms with Gasteiger partial charge in [-0.3, -0.25) is 4.79 Å². The van der Waals surface area contributed by atoms with Crippen LogP contribution in [0.25, 0.3) is 0 Å². The number of carbonyl (C=O) groups excluding carboxylic acids is 1. The lowest BCUT2D eigenvalue weighted by molar-refractivity contribution is -0.122. The number of carbonyl (C=O) groups is 1. The van der Waals surface area contributed by atoms with Crippen LogP contribution < -0.4 is 0 Å². The molecule has 0 aromatic rings. The third-order valence-corrected chi connectivity index (χ3v) is 4.98. The highest BCUT2D eigenvalue weighted by atomic mass is 32.2. The van der Waals surface area contributed by atoms with Gasteiger partial charge in [0.05, 0.1) is 11.5 Å². The molecule has 0 amide bonds. The fraction of sp³-hybridized carbons (Fsp3) is 0.917. The molecule has 1 heterocycles. The number of hydrogen-bond donors (Lipinski definition) is 0. The summed E-state index contributed by atoms with van der Waals surface area (Å²) in [4.78, 5) is 11.7. The molecule has 0 radical (unpaired) electrons.